The third-order valence-corrected chi connectivity index (χ3v) is 4.92. The molecule has 2 heterocycles. The number of hydrogen-bond acceptors (Lipinski definition) is 5. The number of carbonyl (C=O) groups excluding carboxylic acids is 2. The number of rotatable bonds is 6. The van der Waals surface area contributed by atoms with Gasteiger partial charge in [0.2, 0.25) is 5.91 Å². The van der Waals surface area contributed by atoms with Crippen LogP contribution in [0.4, 0.5) is 5.69 Å². The number of fused-ring (bicyclic) bond motifs is 1. The zero-order chi connectivity index (χ0) is 18.5. The molecule has 7 nitrogen and oxygen atoms in total. The number of benzene rings is 1. The molecule has 7 heteroatoms. The fraction of sp³-hybridized carbons (Fsp3) is 0.474. The van der Waals surface area contributed by atoms with Crippen molar-refractivity contribution in [2.45, 2.75) is 31.7 Å². The molecule has 3 rings (SSSR count). The van der Waals surface area contributed by atoms with Gasteiger partial charge in [-0.05, 0) is 31.9 Å². The van der Waals surface area contributed by atoms with Crippen LogP contribution in [-0.2, 0) is 9.53 Å². The topological polar surface area (TPSA) is 94.7 Å². The van der Waals surface area contributed by atoms with Gasteiger partial charge in [0.05, 0.1) is 19.3 Å². The standard InChI is InChI=1S/C19H25N3O4/c1-26-19(25)18-17(14-7-2-3-8-15(14)20-18)21-16(24)12-22-10-5-4-6-13(22)9-11-23/h2-3,7-8,13,20,23H,4-6,9-12H2,1H3,(H,21,24). The lowest BCUT2D eigenvalue weighted by Gasteiger charge is -2.34. The van der Waals surface area contributed by atoms with Crippen molar-refractivity contribution in [2.24, 2.45) is 0 Å². The Bertz CT molecular complexity index is 784. The van der Waals surface area contributed by atoms with Gasteiger partial charge in [0.1, 0.15) is 5.69 Å². The van der Waals surface area contributed by atoms with Crippen LogP contribution in [0.5, 0.6) is 0 Å². The maximum atomic E-state index is 12.7. The summed E-state index contributed by atoms with van der Waals surface area (Å²) in [6.45, 7) is 1.21. The molecule has 26 heavy (non-hydrogen) atoms. The Balaban J connectivity index is 1.79. The van der Waals surface area contributed by atoms with E-state index in [1.54, 1.807) is 0 Å². The zero-order valence-electron chi connectivity index (χ0n) is 15.0. The molecule has 1 saturated heterocycles. The van der Waals surface area contributed by atoms with E-state index < -0.39 is 5.97 Å². The van der Waals surface area contributed by atoms with Gasteiger partial charge >= 0.3 is 5.97 Å². The molecule has 3 N–H and O–H groups in total. The second-order valence-corrected chi connectivity index (χ2v) is 6.59. The Kier molecular flexibility index (Phi) is 5.90. The van der Waals surface area contributed by atoms with Crippen molar-refractivity contribution in [3.63, 3.8) is 0 Å². The van der Waals surface area contributed by atoms with E-state index in [4.69, 9.17) is 4.74 Å². The summed E-state index contributed by atoms with van der Waals surface area (Å²) in [6.07, 6.45) is 3.84. The molecule has 0 aliphatic carbocycles. The first-order valence-electron chi connectivity index (χ1n) is 8.97. The summed E-state index contributed by atoms with van der Waals surface area (Å²) in [5.41, 5.74) is 1.46. The van der Waals surface area contributed by atoms with Crippen LogP contribution >= 0.6 is 0 Å². The molecule has 140 valence electrons. The third kappa shape index (κ3) is 3.89. The molecule has 1 atom stereocenters. The van der Waals surface area contributed by atoms with Crippen molar-refractivity contribution in [3.05, 3.63) is 30.0 Å². The Morgan fingerprint density at radius 1 is 1.35 bits per heavy atom. The number of H-pyrrole nitrogens is 1. The quantitative estimate of drug-likeness (QED) is 0.687. The van der Waals surface area contributed by atoms with E-state index in [-0.39, 0.29) is 30.8 Å². The van der Waals surface area contributed by atoms with E-state index in [9.17, 15) is 14.7 Å². The highest BCUT2D eigenvalue weighted by atomic mass is 16.5. The maximum absolute atomic E-state index is 12.7. The summed E-state index contributed by atoms with van der Waals surface area (Å²) in [6, 6.07) is 7.64. The fourth-order valence-electron chi connectivity index (χ4n) is 3.63. The Labute approximate surface area is 152 Å². The van der Waals surface area contributed by atoms with Crippen molar-refractivity contribution in [2.75, 3.05) is 32.1 Å². The van der Waals surface area contributed by atoms with E-state index in [2.05, 4.69) is 15.2 Å². The molecule has 0 saturated carbocycles. The lowest BCUT2D eigenvalue weighted by atomic mass is 9.99. The first-order chi connectivity index (χ1) is 12.6. The van der Waals surface area contributed by atoms with E-state index in [1.165, 1.54) is 7.11 Å². The monoisotopic (exact) mass is 359 g/mol. The number of nitrogens with one attached hydrogen (secondary N) is 2. The number of para-hydroxylation sites is 1. The second-order valence-electron chi connectivity index (χ2n) is 6.59. The van der Waals surface area contributed by atoms with E-state index in [1.807, 2.05) is 24.3 Å². The molecular weight excluding hydrogens is 334 g/mol. The third-order valence-electron chi connectivity index (χ3n) is 4.92. The van der Waals surface area contributed by atoms with Crippen molar-refractivity contribution >= 4 is 28.5 Å². The van der Waals surface area contributed by atoms with Crippen molar-refractivity contribution in [1.82, 2.24) is 9.88 Å². The van der Waals surface area contributed by atoms with Crippen molar-refractivity contribution in [1.29, 1.82) is 0 Å². The largest absolute Gasteiger partial charge is 0.464 e. The van der Waals surface area contributed by atoms with Crippen LogP contribution in [0.15, 0.2) is 24.3 Å². The number of aliphatic hydroxyl groups excluding tert-OH is 1. The molecule has 0 bridgehead atoms. The number of amides is 1. The minimum atomic E-state index is -0.521. The minimum Gasteiger partial charge on any atom is -0.464 e. The molecule has 0 spiro atoms. The van der Waals surface area contributed by atoms with Gasteiger partial charge in [-0.2, -0.15) is 0 Å². The van der Waals surface area contributed by atoms with Gasteiger partial charge in [-0.3, -0.25) is 9.69 Å². The summed E-state index contributed by atoms with van der Waals surface area (Å²) < 4.78 is 4.83. The van der Waals surface area contributed by atoms with Crippen LogP contribution in [0.1, 0.15) is 36.2 Å². The van der Waals surface area contributed by atoms with Crippen LogP contribution < -0.4 is 5.32 Å². The molecule has 1 aromatic heterocycles. The average molecular weight is 359 g/mol. The Morgan fingerprint density at radius 3 is 2.92 bits per heavy atom. The van der Waals surface area contributed by atoms with Crippen LogP contribution in [-0.4, -0.2) is 59.7 Å². The first kappa shape index (κ1) is 18.4. The van der Waals surface area contributed by atoms with Gasteiger partial charge in [0.25, 0.3) is 0 Å². The highest BCUT2D eigenvalue weighted by Crippen LogP contribution is 2.28. The molecular formula is C19H25N3O4. The molecule has 1 amide bonds. The SMILES string of the molecule is COC(=O)c1[nH]c2ccccc2c1NC(=O)CN1CCCCC1CCO. The molecule has 1 aliphatic heterocycles. The summed E-state index contributed by atoms with van der Waals surface area (Å²) in [5, 5.41) is 12.9. The lowest BCUT2D eigenvalue weighted by Crippen LogP contribution is -2.44. The normalized spacial score (nSPS) is 18.0. The Morgan fingerprint density at radius 2 is 2.15 bits per heavy atom. The smallest absolute Gasteiger partial charge is 0.356 e. The van der Waals surface area contributed by atoms with Gasteiger partial charge in [-0.15, -0.1) is 0 Å². The van der Waals surface area contributed by atoms with Gasteiger partial charge in [-0.25, -0.2) is 4.79 Å². The summed E-state index contributed by atoms with van der Waals surface area (Å²) in [5.74, 6) is -0.697. The van der Waals surface area contributed by atoms with Crippen LogP contribution in [0.2, 0.25) is 0 Å². The maximum Gasteiger partial charge on any atom is 0.356 e. The summed E-state index contributed by atoms with van der Waals surface area (Å²) >= 11 is 0. The molecule has 0 radical (unpaired) electrons. The highest BCUT2D eigenvalue weighted by molar-refractivity contribution is 6.11. The molecule has 1 aromatic carbocycles. The minimum absolute atomic E-state index is 0.123. The summed E-state index contributed by atoms with van der Waals surface area (Å²) in [4.78, 5) is 29.9. The van der Waals surface area contributed by atoms with Crippen molar-refractivity contribution < 1.29 is 19.4 Å². The molecule has 1 aliphatic rings. The lowest BCUT2D eigenvalue weighted by molar-refractivity contribution is -0.118. The van der Waals surface area contributed by atoms with Crippen molar-refractivity contribution in [3.8, 4) is 0 Å². The number of carbonyl (C=O) groups is 2. The predicted octanol–water partition coefficient (Wildman–Crippen LogP) is 2.13. The first-order valence-corrected chi connectivity index (χ1v) is 8.97. The number of nitrogens with zero attached hydrogens (tertiary/aromatic N) is 1. The van der Waals surface area contributed by atoms with Crippen LogP contribution in [0.3, 0.4) is 0 Å². The van der Waals surface area contributed by atoms with Gasteiger partial charge in [0.15, 0.2) is 0 Å². The second kappa shape index (κ2) is 8.33. The predicted molar refractivity (Wildman–Crippen MR) is 99.2 cm³/mol. The number of aliphatic hydroxyl groups is 1. The van der Waals surface area contributed by atoms with Gasteiger partial charge in [-0.1, -0.05) is 24.6 Å². The van der Waals surface area contributed by atoms with Crippen LogP contribution in [0.25, 0.3) is 10.9 Å². The fourth-order valence-corrected chi connectivity index (χ4v) is 3.63. The number of aromatic amines is 1. The number of aromatic nitrogens is 1. The molecule has 1 fully saturated rings. The van der Waals surface area contributed by atoms with Crippen LogP contribution in [0, 0.1) is 0 Å². The average Bonchev–Trinajstić information content (AvgIpc) is 3.01. The van der Waals surface area contributed by atoms with Gasteiger partial charge in [0, 0.05) is 23.6 Å². The number of hydrogen-bond donors (Lipinski definition) is 3. The number of anilines is 1. The van der Waals surface area contributed by atoms with E-state index in [0.717, 1.165) is 36.7 Å². The number of methoxy groups -OCH3 is 1. The molecule has 2 aromatic rings. The number of esters is 1. The van der Waals surface area contributed by atoms with E-state index >= 15 is 0 Å². The Hall–Kier alpha value is -2.38. The molecule has 1 unspecified atom stereocenters. The number of likely N-dealkylation sites (tertiary alicyclic amines) is 1. The highest BCUT2D eigenvalue weighted by Gasteiger charge is 2.25. The van der Waals surface area contributed by atoms with Gasteiger partial charge < -0.3 is 20.1 Å². The number of piperidine rings is 1. The van der Waals surface area contributed by atoms with E-state index in [0.29, 0.717) is 12.1 Å². The number of ether oxygens (including phenoxy) is 1. The zero-order valence-corrected chi connectivity index (χ0v) is 15.0. The summed E-state index contributed by atoms with van der Waals surface area (Å²) in [7, 11) is 1.31.